The predicted molar refractivity (Wildman–Crippen MR) is 68.2 cm³/mol. The van der Waals surface area contributed by atoms with Gasteiger partial charge in [0.1, 0.15) is 5.75 Å². The van der Waals surface area contributed by atoms with Crippen LogP contribution in [0.2, 0.25) is 0 Å². The zero-order chi connectivity index (χ0) is 15.7. The van der Waals surface area contributed by atoms with Gasteiger partial charge in [0.25, 0.3) is 5.89 Å². The largest absolute Gasteiger partial charge is 0.573 e. The van der Waals surface area contributed by atoms with Crippen molar-refractivity contribution in [3.63, 3.8) is 0 Å². The lowest BCUT2D eigenvalue weighted by Crippen LogP contribution is -2.33. The molecule has 2 N–H and O–H groups in total. The second-order valence-corrected chi connectivity index (χ2v) is 4.77. The zero-order valence-corrected chi connectivity index (χ0v) is 11.4. The molecular weight excluding hydrogens is 287 g/mol. The second-order valence-electron chi connectivity index (χ2n) is 4.77. The van der Waals surface area contributed by atoms with E-state index in [9.17, 15) is 13.2 Å². The first-order chi connectivity index (χ1) is 9.71. The number of rotatable bonds is 4. The molecule has 0 radical (unpaired) electrons. The third-order valence-electron chi connectivity index (χ3n) is 3.01. The number of hydrogen-bond acceptors (Lipinski definition) is 5. The molecule has 114 valence electrons. The molecule has 0 bridgehead atoms. The molecule has 2 aromatic rings. The van der Waals surface area contributed by atoms with Crippen molar-refractivity contribution in [2.24, 2.45) is 5.73 Å². The Hall–Kier alpha value is -2.09. The van der Waals surface area contributed by atoms with Gasteiger partial charge < -0.3 is 15.0 Å². The van der Waals surface area contributed by atoms with Crippen molar-refractivity contribution in [1.29, 1.82) is 0 Å². The molecule has 2 rings (SSSR count). The van der Waals surface area contributed by atoms with Crippen molar-refractivity contribution in [3.05, 3.63) is 30.1 Å². The van der Waals surface area contributed by atoms with Crippen LogP contribution in [0.25, 0.3) is 11.5 Å². The van der Waals surface area contributed by atoms with Gasteiger partial charge in [-0.05, 0) is 37.6 Å². The maximum atomic E-state index is 12.1. The summed E-state index contributed by atoms with van der Waals surface area (Å²) < 4.78 is 45.0. The second kappa shape index (κ2) is 5.36. The third kappa shape index (κ3) is 3.72. The van der Waals surface area contributed by atoms with Gasteiger partial charge in [0.2, 0.25) is 0 Å². The van der Waals surface area contributed by atoms with E-state index in [-0.39, 0.29) is 11.6 Å². The quantitative estimate of drug-likeness (QED) is 0.938. The van der Waals surface area contributed by atoms with Crippen LogP contribution in [-0.2, 0) is 5.54 Å². The minimum Gasteiger partial charge on any atom is -0.406 e. The maximum Gasteiger partial charge on any atom is 0.573 e. The topological polar surface area (TPSA) is 74.2 Å². The minimum absolute atomic E-state index is 0.189. The summed E-state index contributed by atoms with van der Waals surface area (Å²) in [5, 5.41) is 3.79. The zero-order valence-electron chi connectivity index (χ0n) is 11.4. The average molecular weight is 301 g/mol. The highest BCUT2D eigenvalue weighted by Crippen LogP contribution is 2.27. The maximum absolute atomic E-state index is 12.1. The van der Waals surface area contributed by atoms with E-state index in [2.05, 4.69) is 14.9 Å². The van der Waals surface area contributed by atoms with E-state index in [4.69, 9.17) is 10.3 Å². The molecule has 0 aliphatic carbocycles. The van der Waals surface area contributed by atoms with Crippen LogP contribution in [0.1, 0.15) is 26.1 Å². The van der Waals surface area contributed by atoms with E-state index in [1.54, 1.807) is 6.92 Å². The number of ether oxygens (including phenoxy) is 1. The summed E-state index contributed by atoms with van der Waals surface area (Å²) >= 11 is 0. The van der Waals surface area contributed by atoms with Crippen LogP contribution in [0, 0.1) is 0 Å². The summed E-state index contributed by atoms with van der Waals surface area (Å²) in [6, 6.07) is 5.15. The highest BCUT2D eigenvalue weighted by atomic mass is 19.4. The molecule has 0 aliphatic heterocycles. The van der Waals surface area contributed by atoms with Gasteiger partial charge in [-0.1, -0.05) is 12.1 Å². The summed E-state index contributed by atoms with van der Waals surface area (Å²) in [6.07, 6.45) is -4.11. The Morgan fingerprint density at radius 2 is 1.86 bits per heavy atom. The van der Waals surface area contributed by atoms with Crippen LogP contribution < -0.4 is 10.5 Å². The standard InChI is InChI=1S/C13H14F3N3O2/c1-3-12(2,17)11-18-10(21-19-11)8-4-6-9(7-5-8)20-13(14,15)16/h4-7H,3,17H2,1-2H3. The Labute approximate surface area is 118 Å². The van der Waals surface area contributed by atoms with Gasteiger partial charge in [0, 0.05) is 5.56 Å². The molecular formula is C13H14F3N3O2. The van der Waals surface area contributed by atoms with E-state index in [1.807, 2.05) is 6.92 Å². The van der Waals surface area contributed by atoms with Gasteiger partial charge >= 0.3 is 6.36 Å². The highest BCUT2D eigenvalue weighted by Gasteiger charge is 2.31. The Morgan fingerprint density at radius 3 is 2.38 bits per heavy atom. The molecule has 0 saturated heterocycles. The van der Waals surface area contributed by atoms with Crippen LogP contribution in [0.5, 0.6) is 5.75 Å². The number of alkyl halides is 3. The normalized spacial score (nSPS) is 14.8. The van der Waals surface area contributed by atoms with Gasteiger partial charge in [0.15, 0.2) is 5.82 Å². The van der Waals surface area contributed by atoms with Gasteiger partial charge in [-0.25, -0.2) is 0 Å². The lowest BCUT2D eigenvalue weighted by Gasteiger charge is -2.16. The highest BCUT2D eigenvalue weighted by molar-refractivity contribution is 5.54. The number of aromatic nitrogens is 2. The molecule has 1 aromatic heterocycles. The fraction of sp³-hybridized carbons (Fsp3) is 0.385. The minimum atomic E-state index is -4.72. The Balaban J connectivity index is 2.20. The molecule has 0 spiro atoms. The van der Waals surface area contributed by atoms with Crippen LogP contribution >= 0.6 is 0 Å². The van der Waals surface area contributed by atoms with Crippen molar-refractivity contribution in [2.75, 3.05) is 0 Å². The molecule has 1 heterocycles. The molecule has 21 heavy (non-hydrogen) atoms. The molecule has 0 aliphatic rings. The summed E-state index contributed by atoms with van der Waals surface area (Å²) in [4.78, 5) is 4.16. The molecule has 5 nitrogen and oxygen atoms in total. The summed E-state index contributed by atoms with van der Waals surface area (Å²) in [7, 11) is 0. The first-order valence-electron chi connectivity index (χ1n) is 6.20. The fourth-order valence-electron chi connectivity index (χ4n) is 1.53. The lowest BCUT2D eigenvalue weighted by atomic mass is 10.00. The molecule has 0 saturated carbocycles. The van der Waals surface area contributed by atoms with Crippen LogP contribution in [-0.4, -0.2) is 16.5 Å². The third-order valence-corrected chi connectivity index (χ3v) is 3.01. The first-order valence-corrected chi connectivity index (χ1v) is 6.20. The van der Waals surface area contributed by atoms with E-state index >= 15 is 0 Å². The Morgan fingerprint density at radius 1 is 1.24 bits per heavy atom. The van der Waals surface area contributed by atoms with E-state index in [0.717, 1.165) is 0 Å². The van der Waals surface area contributed by atoms with Crippen LogP contribution in [0.15, 0.2) is 28.8 Å². The van der Waals surface area contributed by atoms with Crippen molar-refractivity contribution in [2.45, 2.75) is 32.2 Å². The summed E-state index contributed by atoms with van der Waals surface area (Å²) in [5.74, 6) is 0.215. The van der Waals surface area contributed by atoms with E-state index < -0.39 is 11.9 Å². The van der Waals surface area contributed by atoms with Crippen molar-refractivity contribution >= 4 is 0 Å². The van der Waals surface area contributed by atoms with E-state index in [1.165, 1.54) is 24.3 Å². The van der Waals surface area contributed by atoms with Gasteiger partial charge in [-0.3, -0.25) is 0 Å². The van der Waals surface area contributed by atoms with Crippen molar-refractivity contribution < 1.29 is 22.4 Å². The first kappa shape index (κ1) is 15.3. The number of benzene rings is 1. The summed E-state index contributed by atoms with van der Waals surface area (Å²) in [5.41, 5.74) is 5.75. The van der Waals surface area contributed by atoms with Crippen molar-refractivity contribution in [3.8, 4) is 17.2 Å². The molecule has 1 unspecified atom stereocenters. The lowest BCUT2D eigenvalue weighted by molar-refractivity contribution is -0.274. The molecule has 1 aromatic carbocycles. The van der Waals surface area contributed by atoms with Crippen molar-refractivity contribution in [1.82, 2.24) is 10.1 Å². The molecule has 1 atom stereocenters. The number of halogens is 3. The molecule has 8 heteroatoms. The number of nitrogens with zero attached hydrogens (tertiary/aromatic N) is 2. The van der Waals surface area contributed by atoms with Crippen LogP contribution in [0.3, 0.4) is 0 Å². The smallest absolute Gasteiger partial charge is 0.406 e. The van der Waals surface area contributed by atoms with E-state index in [0.29, 0.717) is 17.8 Å². The fourth-order valence-corrected chi connectivity index (χ4v) is 1.53. The summed E-state index contributed by atoms with van der Waals surface area (Å²) in [6.45, 7) is 3.65. The van der Waals surface area contributed by atoms with Crippen LogP contribution in [0.4, 0.5) is 13.2 Å². The number of nitrogens with two attached hydrogens (primary N) is 1. The molecule has 0 amide bonds. The van der Waals surface area contributed by atoms with Gasteiger partial charge in [0.05, 0.1) is 5.54 Å². The van der Waals surface area contributed by atoms with Gasteiger partial charge in [-0.2, -0.15) is 4.98 Å². The molecule has 0 fully saturated rings. The van der Waals surface area contributed by atoms with Gasteiger partial charge in [-0.15, -0.1) is 13.2 Å². The predicted octanol–water partition coefficient (Wildman–Crippen LogP) is 3.22. The average Bonchev–Trinajstić information content (AvgIpc) is 2.88. The Kier molecular flexibility index (Phi) is 3.91. The Bertz CT molecular complexity index is 606. The SMILES string of the molecule is CCC(C)(N)c1noc(-c2ccc(OC(F)(F)F)cc2)n1. The monoisotopic (exact) mass is 301 g/mol. The number of hydrogen-bond donors (Lipinski definition) is 1.